The number of H-pyrrole nitrogens is 1. The van der Waals surface area contributed by atoms with Crippen LogP contribution in [0.3, 0.4) is 0 Å². The second-order valence-corrected chi connectivity index (χ2v) is 8.66. The van der Waals surface area contributed by atoms with Crippen LogP contribution in [0.15, 0.2) is 43.0 Å². The summed E-state index contributed by atoms with van der Waals surface area (Å²) < 4.78 is 20.1. The van der Waals surface area contributed by atoms with Crippen LogP contribution >= 0.6 is 0 Å². The van der Waals surface area contributed by atoms with E-state index in [4.69, 9.17) is 4.74 Å². The maximum atomic E-state index is 15.0. The summed E-state index contributed by atoms with van der Waals surface area (Å²) in [5, 5.41) is 3.72. The number of fused-ring (bicyclic) bond motifs is 1. The smallest absolute Gasteiger partial charge is 0.224 e. The lowest BCUT2D eigenvalue weighted by Crippen LogP contribution is -2.22. The van der Waals surface area contributed by atoms with Gasteiger partial charge in [-0.15, -0.1) is 0 Å². The molecule has 1 aliphatic rings. The van der Waals surface area contributed by atoms with Crippen molar-refractivity contribution in [2.24, 2.45) is 0 Å². The number of hydrogen-bond donors (Lipinski definition) is 2. The SMILES string of the molecule is COC[C@@H](C)Nc1ncnc2[nH]cc(C(=O)c3ccc(Cc4ccc(C5CC5)nc4)nc3F)c12. The van der Waals surface area contributed by atoms with Gasteiger partial charge in [0.15, 0.2) is 5.78 Å². The summed E-state index contributed by atoms with van der Waals surface area (Å²) >= 11 is 0. The van der Waals surface area contributed by atoms with Crippen LogP contribution in [-0.2, 0) is 11.2 Å². The van der Waals surface area contributed by atoms with Gasteiger partial charge in [-0.2, -0.15) is 4.39 Å². The third kappa shape index (κ3) is 4.51. The fourth-order valence-electron chi connectivity index (χ4n) is 4.03. The summed E-state index contributed by atoms with van der Waals surface area (Å²) in [4.78, 5) is 33.3. The van der Waals surface area contributed by atoms with Crippen molar-refractivity contribution in [2.45, 2.75) is 38.1 Å². The van der Waals surface area contributed by atoms with Crippen molar-refractivity contribution in [3.05, 3.63) is 77.0 Å². The number of nitrogens with one attached hydrogen (secondary N) is 2. The summed E-state index contributed by atoms with van der Waals surface area (Å²) in [6.45, 7) is 2.39. The molecule has 1 saturated carbocycles. The van der Waals surface area contributed by atoms with Gasteiger partial charge in [0.25, 0.3) is 0 Å². The Balaban J connectivity index is 1.39. The van der Waals surface area contributed by atoms with Gasteiger partial charge in [-0.1, -0.05) is 6.07 Å². The first-order valence-corrected chi connectivity index (χ1v) is 11.3. The summed E-state index contributed by atoms with van der Waals surface area (Å²) in [6, 6.07) is 7.14. The minimum Gasteiger partial charge on any atom is -0.383 e. The van der Waals surface area contributed by atoms with E-state index < -0.39 is 11.7 Å². The molecule has 0 amide bonds. The normalized spacial score (nSPS) is 14.3. The Bertz CT molecular complexity index is 1330. The first kappa shape index (κ1) is 22.1. The van der Waals surface area contributed by atoms with Gasteiger partial charge in [-0.05, 0) is 43.5 Å². The zero-order valence-electron chi connectivity index (χ0n) is 19.0. The van der Waals surface area contributed by atoms with E-state index in [0.29, 0.717) is 41.5 Å². The number of carbonyl (C=O) groups is 1. The highest BCUT2D eigenvalue weighted by Gasteiger charge is 2.25. The van der Waals surface area contributed by atoms with E-state index in [1.165, 1.54) is 31.4 Å². The second-order valence-electron chi connectivity index (χ2n) is 8.66. The fourth-order valence-corrected chi connectivity index (χ4v) is 4.03. The average molecular weight is 461 g/mol. The van der Waals surface area contributed by atoms with Crippen molar-refractivity contribution in [3.8, 4) is 0 Å². The van der Waals surface area contributed by atoms with Crippen LogP contribution in [-0.4, -0.2) is 50.5 Å². The lowest BCUT2D eigenvalue weighted by molar-refractivity contribution is 0.103. The molecule has 0 aliphatic heterocycles. The molecule has 4 aromatic heterocycles. The third-order valence-electron chi connectivity index (χ3n) is 5.89. The van der Waals surface area contributed by atoms with Crippen LogP contribution < -0.4 is 5.32 Å². The molecular formula is C25H25FN6O2. The molecule has 0 aromatic carbocycles. The molecule has 8 nitrogen and oxygen atoms in total. The quantitative estimate of drug-likeness (QED) is 0.287. The maximum Gasteiger partial charge on any atom is 0.224 e. The number of anilines is 1. The first-order valence-electron chi connectivity index (χ1n) is 11.3. The molecule has 5 rings (SSSR count). The van der Waals surface area contributed by atoms with E-state index in [2.05, 4.69) is 30.2 Å². The van der Waals surface area contributed by atoms with Crippen molar-refractivity contribution in [3.63, 3.8) is 0 Å². The van der Waals surface area contributed by atoms with Gasteiger partial charge in [0.05, 0.1) is 23.1 Å². The molecule has 0 bridgehead atoms. The summed E-state index contributed by atoms with van der Waals surface area (Å²) in [5.41, 5.74) is 3.25. The van der Waals surface area contributed by atoms with Crippen molar-refractivity contribution in [1.82, 2.24) is 24.9 Å². The summed E-state index contributed by atoms with van der Waals surface area (Å²) in [5.74, 6) is -0.232. The fraction of sp³-hybridized carbons (Fsp3) is 0.320. The molecule has 0 spiro atoms. The number of ether oxygens (including phenoxy) is 1. The van der Waals surface area contributed by atoms with Gasteiger partial charge in [0.1, 0.15) is 17.8 Å². The molecule has 2 N–H and O–H groups in total. The van der Waals surface area contributed by atoms with Crippen LogP contribution in [0.2, 0.25) is 0 Å². The lowest BCUT2D eigenvalue weighted by Gasteiger charge is -2.14. The number of ketones is 1. The molecule has 1 fully saturated rings. The van der Waals surface area contributed by atoms with Crippen molar-refractivity contribution in [1.29, 1.82) is 0 Å². The molecule has 34 heavy (non-hydrogen) atoms. The highest BCUT2D eigenvalue weighted by atomic mass is 19.1. The van der Waals surface area contributed by atoms with E-state index in [9.17, 15) is 9.18 Å². The predicted octanol–water partition coefficient (Wildman–Crippen LogP) is 4.03. The first-order chi connectivity index (χ1) is 16.5. The monoisotopic (exact) mass is 460 g/mol. The van der Waals surface area contributed by atoms with Gasteiger partial charge in [0.2, 0.25) is 5.95 Å². The van der Waals surface area contributed by atoms with Crippen LogP contribution in [0.1, 0.15) is 58.6 Å². The van der Waals surface area contributed by atoms with Gasteiger partial charge < -0.3 is 15.0 Å². The molecule has 0 saturated heterocycles. The number of nitrogens with zero attached hydrogens (tertiary/aromatic N) is 4. The van der Waals surface area contributed by atoms with E-state index in [0.717, 1.165) is 11.3 Å². The molecule has 4 heterocycles. The average Bonchev–Trinajstić information content (AvgIpc) is 3.58. The second kappa shape index (κ2) is 9.26. The Morgan fingerprint density at radius 2 is 2.06 bits per heavy atom. The molecule has 9 heteroatoms. The van der Waals surface area contributed by atoms with Crippen molar-refractivity contribution < 1.29 is 13.9 Å². The zero-order valence-corrected chi connectivity index (χ0v) is 19.0. The molecule has 4 aromatic rings. The number of aromatic amines is 1. The standard InChI is InChI=1S/C25H25FN6O2/c1-14(12-34-2)31-25-21-19(11-28-24(21)29-13-30-25)22(33)18-7-6-17(32-23(18)26)9-15-3-8-20(27-10-15)16-4-5-16/h3,6-8,10-11,13-14,16H,4-5,9,12H2,1-2H3,(H2,28,29,30,31)/t14-/m1/s1. The number of halogens is 1. The van der Waals surface area contributed by atoms with E-state index in [-0.39, 0.29) is 17.2 Å². The van der Waals surface area contributed by atoms with Crippen molar-refractivity contribution in [2.75, 3.05) is 19.0 Å². The topological polar surface area (TPSA) is 106 Å². The van der Waals surface area contributed by atoms with Crippen LogP contribution in [0, 0.1) is 5.95 Å². The molecule has 0 radical (unpaired) electrons. The molecule has 1 aliphatic carbocycles. The van der Waals surface area contributed by atoms with Gasteiger partial charge in [0, 0.05) is 49.3 Å². The van der Waals surface area contributed by atoms with Crippen LogP contribution in [0.5, 0.6) is 0 Å². The highest BCUT2D eigenvalue weighted by Crippen LogP contribution is 2.38. The summed E-state index contributed by atoms with van der Waals surface area (Å²) in [7, 11) is 1.61. The molecule has 0 unspecified atom stereocenters. The largest absolute Gasteiger partial charge is 0.383 e. The maximum absolute atomic E-state index is 15.0. The van der Waals surface area contributed by atoms with Crippen LogP contribution in [0.4, 0.5) is 10.2 Å². The van der Waals surface area contributed by atoms with Gasteiger partial charge >= 0.3 is 0 Å². The van der Waals surface area contributed by atoms with E-state index in [1.54, 1.807) is 13.2 Å². The molecule has 174 valence electrons. The van der Waals surface area contributed by atoms with Gasteiger partial charge in [-0.3, -0.25) is 9.78 Å². The Morgan fingerprint density at radius 3 is 2.76 bits per heavy atom. The minimum absolute atomic E-state index is 0.0496. The number of methoxy groups -OCH3 is 1. The number of pyridine rings is 2. The molecular weight excluding hydrogens is 435 g/mol. The molecule has 1 atom stereocenters. The van der Waals surface area contributed by atoms with Crippen molar-refractivity contribution >= 4 is 22.6 Å². The Kier molecular flexibility index (Phi) is 6.02. The number of aromatic nitrogens is 5. The Morgan fingerprint density at radius 1 is 1.21 bits per heavy atom. The number of hydrogen-bond acceptors (Lipinski definition) is 7. The minimum atomic E-state index is -0.807. The lowest BCUT2D eigenvalue weighted by atomic mass is 10.0. The predicted molar refractivity (Wildman–Crippen MR) is 125 cm³/mol. The van der Waals surface area contributed by atoms with E-state index in [1.807, 2.05) is 25.3 Å². The third-order valence-corrected chi connectivity index (χ3v) is 5.89. The number of rotatable bonds is 9. The summed E-state index contributed by atoms with van der Waals surface area (Å²) in [6.07, 6.45) is 7.57. The van der Waals surface area contributed by atoms with Crippen LogP contribution in [0.25, 0.3) is 11.0 Å². The van der Waals surface area contributed by atoms with E-state index >= 15 is 0 Å². The zero-order chi connectivity index (χ0) is 23.7. The van der Waals surface area contributed by atoms with Gasteiger partial charge in [-0.25, -0.2) is 15.0 Å². The Hall–Kier alpha value is -3.72. The highest BCUT2D eigenvalue weighted by molar-refractivity contribution is 6.18. The number of carbonyl (C=O) groups excluding carboxylic acids is 1. The Labute approximate surface area is 196 Å².